The number of carbonyl (C=O) groups is 2. The summed E-state index contributed by atoms with van der Waals surface area (Å²) in [7, 11) is 1.23. The minimum Gasteiger partial charge on any atom is -0.467 e. The molecule has 0 heterocycles. The zero-order valence-corrected chi connectivity index (χ0v) is 14.0. The second-order valence-electron chi connectivity index (χ2n) is 6.40. The Labute approximate surface area is 146 Å². The summed E-state index contributed by atoms with van der Waals surface area (Å²) in [5.41, 5.74) is -0.0613. The van der Waals surface area contributed by atoms with Gasteiger partial charge in [-0.15, -0.1) is 0 Å². The molecule has 5 heteroatoms. The minimum atomic E-state index is -1.20. The van der Waals surface area contributed by atoms with Gasteiger partial charge in [0, 0.05) is 17.0 Å². The van der Waals surface area contributed by atoms with E-state index in [1.807, 2.05) is 0 Å². The molecular formula is C20H19NO4. The van der Waals surface area contributed by atoms with Crippen molar-refractivity contribution in [3.63, 3.8) is 0 Å². The molecule has 2 saturated carbocycles. The highest BCUT2D eigenvalue weighted by molar-refractivity contribution is 5.97. The number of esters is 1. The number of hydrogen-bond donors (Lipinski definition) is 2. The number of rotatable bonds is 4. The summed E-state index contributed by atoms with van der Waals surface area (Å²) in [5, 5.41) is 12.7. The molecule has 1 unspecified atom stereocenters. The van der Waals surface area contributed by atoms with Crippen LogP contribution in [0.25, 0.3) is 0 Å². The first kappa shape index (κ1) is 17.1. The van der Waals surface area contributed by atoms with E-state index in [4.69, 9.17) is 0 Å². The predicted octanol–water partition coefficient (Wildman–Crippen LogP) is 1.25. The van der Waals surface area contributed by atoms with Crippen molar-refractivity contribution in [2.45, 2.75) is 37.3 Å². The Hall–Kier alpha value is -2.76. The summed E-state index contributed by atoms with van der Waals surface area (Å²) in [6, 6.07) is 5.64. The van der Waals surface area contributed by atoms with Crippen LogP contribution < -0.4 is 5.32 Å². The summed E-state index contributed by atoms with van der Waals surface area (Å²) in [5.74, 6) is 11.0. The van der Waals surface area contributed by atoms with Crippen LogP contribution >= 0.6 is 0 Å². The number of aliphatic hydroxyl groups is 1. The molecule has 2 fully saturated rings. The van der Waals surface area contributed by atoms with E-state index in [9.17, 15) is 14.7 Å². The maximum absolute atomic E-state index is 12.3. The normalized spacial score (nSPS) is 17.8. The molecule has 1 aromatic carbocycles. The SMILES string of the molecule is COC(=O)C(NC(=O)c1ccc(C#CC#CC2CC2)cc1)C1(O)CC1. The number of methoxy groups -OCH3 is 1. The van der Waals surface area contributed by atoms with Crippen LogP contribution in [-0.2, 0) is 9.53 Å². The maximum Gasteiger partial charge on any atom is 0.331 e. The molecule has 1 amide bonds. The largest absolute Gasteiger partial charge is 0.467 e. The van der Waals surface area contributed by atoms with Crippen molar-refractivity contribution in [1.82, 2.24) is 5.32 Å². The van der Waals surface area contributed by atoms with Gasteiger partial charge in [0.05, 0.1) is 12.7 Å². The van der Waals surface area contributed by atoms with E-state index in [2.05, 4.69) is 33.7 Å². The molecule has 0 saturated heterocycles. The molecule has 2 N–H and O–H groups in total. The molecular weight excluding hydrogens is 318 g/mol. The lowest BCUT2D eigenvalue weighted by atomic mass is 10.1. The van der Waals surface area contributed by atoms with E-state index in [1.165, 1.54) is 20.0 Å². The number of ether oxygens (including phenoxy) is 1. The Kier molecular flexibility index (Phi) is 4.79. The Morgan fingerprint density at radius 2 is 1.92 bits per heavy atom. The smallest absolute Gasteiger partial charge is 0.331 e. The van der Waals surface area contributed by atoms with Crippen LogP contribution in [0.4, 0.5) is 0 Å². The van der Waals surface area contributed by atoms with Crippen molar-refractivity contribution >= 4 is 11.9 Å². The molecule has 1 aromatic rings. The average molecular weight is 337 g/mol. The van der Waals surface area contributed by atoms with Crippen molar-refractivity contribution in [3.05, 3.63) is 35.4 Å². The van der Waals surface area contributed by atoms with Crippen molar-refractivity contribution in [3.8, 4) is 23.7 Å². The van der Waals surface area contributed by atoms with Gasteiger partial charge in [-0.3, -0.25) is 4.79 Å². The summed E-state index contributed by atoms with van der Waals surface area (Å²) in [4.78, 5) is 24.1. The Morgan fingerprint density at radius 1 is 1.24 bits per heavy atom. The lowest BCUT2D eigenvalue weighted by molar-refractivity contribution is -0.146. The van der Waals surface area contributed by atoms with Crippen LogP contribution in [-0.4, -0.2) is 35.7 Å². The molecule has 0 aliphatic heterocycles. The molecule has 2 aliphatic rings. The Bertz CT molecular complexity index is 796. The minimum absolute atomic E-state index is 0.382. The first-order valence-electron chi connectivity index (χ1n) is 8.24. The third kappa shape index (κ3) is 4.41. The fraction of sp³-hybridized carbons (Fsp3) is 0.400. The monoisotopic (exact) mass is 337 g/mol. The summed E-state index contributed by atoms with van der Waals surface area (Å²) < 4.78 is 4.67. The molecule has 3 rings (SSSR count). The van der Waals surface area contributed by atoms with Gasteiger partial charge in [-0.2, -0.15) is 0 Å². The van der Waals surface area contributed by atoms with Crippen molar-refractivity contribution in [1.29, 1.82) is 0 Å². The van der Waals surface area contributed by atoms with Gasteiger partial charge in [0.15, 0.2) is 6.04 Å². The van der Waals surface area contributed by atoms with Crippen LogP contribution in [0.2, 0.25) is 0 Å². The lowest BCUT2D eigenvalue weighted by Crippen LogP contribution is -2.50. The van der Waals surface area contributed by atoms with Gasteiger partial charge < -0.3 is 15.2 Å². The van der Waals surface area contributed by atoms with E-state index in [-0.39, 0.29) is 0 Å². The second kappa shape index (κ2) is 7.01. The van der Waals surface area contributed by atoms with Crippen molar-refractivity contribution in [2.75, 3.05) is 7.11 Å². The van der Waals surface area contributed by atoms with Crippen LogP contribution in [0.5, 0.6) is 0 Å². The van der Waals surface area contributed by atoms with E-state index >= 15 is 0 Å². The average Bonchev–Trinajstić information content (AvgIpc) is 3.54. The van der Waals surface area contributed by atoms with Crippen molar-refractivity contribution < 1.29 is 19.4 Å². The molecule has 0 radical (unpaired) electrons. The van der Waals surface area contributed by atoms with Crippen LogP contribution in [0.3, 0.4) is 0 Å². The van der Waals surface area contributed by atoms with Crippen molar-refractivity contribution in [2.24, 2.45) is 5.92 Å². The third-order valence-electron chi connectivity index (χ3n) is 4.28. The van der Waals surface area contributed by atoms with E-state index < -0.39 is 23.5 Å². The van der Waals surface area contributed by atoms with Gasteiger partial charge >= 0.3 is 5.97 Å². The van der Waals surface area contributed by atoms with Gasteiger partial charge in [0.1, 0.15) is 0 Å². The van der Waals surface area contributed by atoms with Gasteiger partial charge in [-0.1, -0.05) is 11.8 Å². The molecule has 1 atom stereocenters. The van der Waals surface area contributed by atoms with Gasteiger partial charge in [-0.25, -0.2) is 4.79 Å². The zero-order valence-electron chi connectivity index (χ0n) is 14.0. The highest BCUT2D eigenvalue weighted by Gasteiger charge is 2.52. The molecule has 25 heavy (non-hydrogen) atoms. The molecule has 128 valence electrons. The van der Waals surface area contributed by atoms with Gasteiger partial charge in [-0.05, 0) is 61.8 Å². The molecule has 5 nitrogen and oxygen atoms in total. The van der Waals surface area contributed by atoms with Crippen LogP contribution in [0.1, 0.15) is 41.6 Å². The second-order valence-corrected chi connectivity index (χ2v) is 6.40. The van der Waals surface area contributed by atoms with Crippen LogP contribution in [0.15, 0.2) is 24.3 Å². The van der Waals surface area contributed by atoms with E-state index in [0.717, 1.165) is 5.56 Å². The first-order chi connectivity index (χ1) is 12.0. The predicted molar refractivity (Wildman–Crippen MR) is 91.3 cm³/mol. The fourth-order valence-electron chi connectivity index (χ4n) is 2.34. The zero-order chi connectivity index (χ0) is 17.9. The third-order valence-corrected chi connectivity index (χ3v) is 4.28. The van der Waals surface area contributed by atoms with Crippen LogP contribution in [0, 0.1) is 29.6 Å². The fourth-order valence-corrected chi connectivity index (χ4v) is 2.34. The van der Waals surface area contributed by atoms with Gasteiger partial charge in [0.2, 0.25) is 0 Å². The number of hydrogen-bond acceptors (Lipinski definition) is 4. The highest BCUT2D eigenvalue weighted by atomic mass is 16.5. The molecule has 0 bridgehead atoms. The Morgan fingerprint density at radius 3 is 2.48 bits per heavy atom. The van der Waals surface area contributed by atoms with E-state index in [1.54, 1.807) is 24.3 Å². The molecule has 0 spiro atoms. The highest BCUT2D eigenvalue weighted by Crippen LogP contribution is 2.39. The number of amides is 1. The maximum atomic E-state index is 12.3. The quantitative estimate of drug-likeness (QED) is 0.640. The lowest BCUT2D eigenvalue weighted by Gasteiger charge is -2.21. The standard InChI is InChI=1S/C20H19NO4/c1-25-19(23)17(20(24)12-13-20)21-18(22)16-10-8-15(9-11-16)5-3-2-4-14-6-7-14/h8-11,14,17,24H,6-7,12-13H2,1H3,(H,21,22). The number of carbonyl (C=O) groups excluding carboxylic acids is 2. The summed E-state index contributed by atoms with van der Waals surface area (Å²) in [6.45, 7) is 0. The topological polar surface area (TPSA) is 75.6 Å². The Balaban J connectivity index is 1.63. The summed E-state index contributed by atoms with van der Waals surface area (Å²) >= 11 is 0. The number of nitrogens with one attached hydrogen (secondary N) is 1. The molecule has 2 aliphatic carbocycles. The summed E-state index contributed by atoms with van der Waals surface area (Å²) in [6.07, 6.45) is 3.26. The van der Waals surface area contributed by atoms with Gasteiger partial charge in [0.25, 0.3) is 5.91 Å². The van der Waals surface area contributed by atoms with E-state index in [0.29, 0.717) is 24.3 Å². The molecule has 0 aromatic heterocycles. The first-order valence-corrected chi connectivity index (χ1v) is 8.24. The number of benzene rings is 1.